The number of aromatic nitrogens is 2. The molecule has 0 amide bonds. The van der Waals surface area contributed by atoms with Gasteiger partial charge < -0.3 is 0 Å². The maximum Gasteiger partial charge on any atom is 0.159 e. The van der Waals surface area contributed by atoms with Gasteiger partial charge in [0, 0.05) is 18.0 Å². The van der Waals surface area contributed by atoms with E-state index in [4.69, 9.17) is 0 Å². The van der Waals surface area contributed by atoms with Crippen molar-refractivity contribution in [1.82, 2.24) is 9.97 Å². The molecule has 1 saturated carbocycles. The van der Waals surface area contributed by atoms with E-state index < -0.39 is 0 Å². The van der Waals surface area contributed by atoms with Gasteiger partial charge in [0.25, 0.3) is 0 Å². The van der Waals surface area contributed by atoms with Crippen LogP contribution in [-0.4, -0.2) is 9.97 Å². The van der Waals surface area contributed by atoms with E-state index in [1.807, 2.05) is 24.5 Å². The zero-order valence-corrected chi connectivity index (χ0v) is 21.8. The van der Waals surface area contributed by atoms with Gasteiger partial charge in [-0.15, -0.1) is 0 Å². The van der Waals surface area contributed by atoms with Crippen LogP contribution in [0.1, 0.15) is 134 Å². The Balaban J connectivity index is 1.43. The maximum atomic E-state index is 14.6. The predicted molar refractivity (Wildman–Crippen MR) is 143 cm³/mol. The molecule has 2 aromatic rings. The fraction of sp³-hybridized carbons (Fsp3) is 0.677. The zero-order valence-electron chi connectivity index (χ0n) is 21.8. The number of hydrogen-bond acceptors (Lipinski definition) is 2. The van der Waals surface area contributed by atoms with E-state index in [1.54, 1.807) is 6.07 Å². The molecule has 1 aliphatic carbocycles. The lowest BCUT2D eigenvalue weighted by atomic mass is 9.77. The van der Waals surface area contributed by atoms with Crippen molar-refractivity contribution in [3.05, 3.63) is 47.5 Å². The van der Waals surface area contributed by atoms with Gasteiger partial charge in [-0.3, -0.25) is 0 Å². The van der Waals surface area contributed by atoms with Crippen LogP contribution in [0.2, 0.25) is 0 Å². The van der Waals surface area contributed by atoms with Gasteiger partial charge in [-0.2, -0.15) is 0 Å². The molecular weight excluding hydrogens is 419 g/mol. The minimum atomic E-state index is -0.121. The van der Waals surface area contributed by atoms with Gasteiger partial charge in [-0.1, -0.05) is 96.6 Å². The lowest BCUT2D eigenvalue weighted by Crippen LogP contribution is -2.14. The summed E-state index contributed by atoms with van der Waals surface area (Å²) in [6.45, 7) is 4.50. The molecule has 1 aromatic heterocycles. The Bertz CT molecular complexity index is 809. The highest BCUT2D eigenvalue weighted by atomic mass is 19.1. The van der Waals surface area contributed by atoms with Crippen LogP contribution in [0.25, 0.3) is 11.4 Å². The van der Waals surface area contributed by atoms with E-state index in [0.717, 1.165) is 29.9 Å². The Hall–Kier alpha value is -1.77. The SMILES string of the molecule is CCCCCCCCC1CCC(c2cnc(-c3ccc(CCCCCCC)c(F)c3)nc2)CC1. The Labute approximate surface area is 208 Å². The van der Waals surface area contributed by atoms with Crippen molar-refractivity contribution < 1.29 is 4.39 Å². The van der Waals surface area contributed by atoms with E-state index in [1.165, 1.54) is 102 Å². The quantitative estimate of drug-likeness (QED) is 0.244. The first-order valence-electron chi connectivity index (χ1n) is 14.3. The third kappa shape index (κ3) is 8.78. The summed E-state index contributed by atoms with van der Waals surface area (Å²) in [5.74, 6) is 2.01. The van der Waals surface area contributed by atoms with Crippen molar-refractivity contribution in [2.75, 3.05) is 0 Å². The Morgan fingerprint density at radius 1 is 0.765 bits per heavy atom. The van der Waals surface area contributed by atoms with Crippen molar-refractivity contribution in [3.8, 4) is 11.4 Å². The molecule has 3 heteroatoms. The molecule has 0 aliphatic heterocycles. The highest BCUT2D eigenvalue weighted by Crippen LogP contribution is 2.37. The lowest BCUT2D eigenvalue weighted by Gasteiger charge is -2.28. The summed E-state index contributed by atoms with van der Waals surface area (Å²) in [7, 11) is 0. The van der Waals surface area contributed by atoms with Crippen LogP contribution in [0.15, 0.2) is 30.6 Å². The van der Waals surface area contributed by atoms with Gasteiger partial charge in [0.2, 0.25) is 0 Å². The molecule has 34 heavy (non-hydrogen) atoms. The summed E-state index contributed by atoms with van der Waals surface area (Å²) >= 11 is 0. The van der Waals surface area contributed by atoms with Crippen LogP contribution in [-0.2, 0) is 6.42 Å². The van der Waals surface area contributed by atoms with E-state index in [-0.39, 0.29) is 5.82 Å². The molecule has 1 fully saturated rings. The van der Waals surface area contributed by atoms with Gasteiger partial charge in [0.15, 0.2) is 5.82 Å². The smallest absolute Gasteiger partial charge is 0.159 e. The zero-order chi connectivity index (χ0) is 24.0. The van der Waals surface area contributed by atoms with Crippen LogP contribution in [0.3, 0.4) is 0 Å². The van der Waals surface area contributed by atoms with Crippen molar-refractivity contribution in [1.29, 1.82) is 0 Å². The molecule has 0 radical (unpaired) electrons. The Morgan fingerprint density at radius 3 is 2.03 bits per heavy atom. The Morgan fingerprint density at radius 2 is 1.38 bits per heavy atom. The average molecular weight is 467 g/mol. The van der Waals surface area contributed by atoms with Gasteiger partial charge >= 0.3 is 0 Å². The fourth-order valence-electron chi connectivity index (χ4n) is 5.50. The molecule has 1 aliphatic rings. The second-order valence-corrected chi connectivity index (χ2v) is 10.6. The van der Waals surface area contributed by atoms with Crippen LogP contribution >= 0.6 is 0 Å². The highest BCUT2D eigenvalue weighted by Gasteiger charge is 2.22. The Kier molecular flexibility index (Phi) is 12.1. The van der Waals surface area contributed by atoms with Crippen LogP contribution < -0.4 is 0 Å². The van der Waals surface area contributed by atoms with Crippen molar-refractivity contribution >= 4 is 0 Å². The predicted octanol–water partition coefficient (Wildman–Crippen LogP) is 9.82. The number of benzene rings is 1. The minimum Gasteiger partial charge on any atom is -0.236 e. The van der Waals surface area contributed by atoms with Gasteiger partial charge in [0.05, 0.1) is 0 Å². The third-order valence-electron chi connectivity index (χ3n) is 7.82. The van der Waals surface area contributed by atoms with Crippen molar-refractivity contribution in [2.24, 2.45) is 5.92 Å². The second kappa shape index (κ2) is 15.3. The third-order valence-corrected chi connectivity index (χ3v) is 7.82. The lowest BCUT2D eigenvalue weighted by molar-refractivity contribution is 0.301. The highest BCUT2D eigenvalue weighted by molar-refractivity contribution is 5.55. The summed E-state index contributed by atoms with van der Waals surface area (Å²) in [6.07, 6.45) is 25.8. The summed E-state index contributed by atoms with van der Waals surface area (Å²) < 4.78 is 14.6. The molecular formula is C31H47FN2. The fourth-order valence-corrected chi connectivity index (χ4v) is 5.50. The first kappa shape index (κ1) is 26.8. The normalized spacial score (nSPS) is 18.3. The standard InChI is InChI=1S/C31H47FN2/c1-3-5-7-9-11-12-14-25-16-18-26(19-17-25)29-23-33-31(34-24-29)28-21-20-27(30(32)22-28)15-13-10-8-6-4-2/h20-26H,3-19H2,1-2H3. The molecule has 1 heterocycles. The maximum absolute atomic E-state index is 14.6. The number of nitrogens with zero attached hydrogens (tertiary/aromatic N) is 2. The van der Waals surface area contributed by atoms with Gasteiger partial charge in [-0.05, 0) is 67.6 Å². The largest absolute Gasteiger partial charge is 0.236 e. The summed E-state index contributed by atoms with van der Waals surface area (Å²) in [6, 6.07) is 5.52. The molecule has 0 N–H and O–H groups in total. The number of halogens is 1. The van der Waals surface area contributed by atoms with E-state index in [0.29, 0.717) is 11.7 Å². The molecule has 1 aromatic carbocycles. The van der Waals surface area contributed by atoms with Gasteiger partial charge in [-0.25, -0.2) is 14.4 Å². The molecule has 0 bridgehead atoms. The second-order valence-electron chi connectivity index (χ2n) is 10.6. The first-order valence-corrected chi connectivity index (χ1v) is 14.3. The van der Waals surface area contributed by atoms with E-state index in [9.17, 15) is 4.39 Å². The molecule has 0 spiro atoms. The van der Waals surface area contributed by atoms with Crippen LogP contribution in [0.5, 0.6) is 0 Å². The average Bonchev–Trinajstić information content (AvgIpc) is 2.87. The topological polar surface area (TPSA) is 25.8 Å². The summed E-state index contributed by atoms with van der Waals surface area (Å²) in [5.41, 5.74) is 2.85. The van der Waals surface area contributed by atoms with Crippen LogP contribution in [0, 0.1) is 11.7 Å². The van der Waals surface area contributed by atoms with Gasteiger partial charge in [0.1, 0.15) is 5.82 Å². The number of hydrogen-bond donors (Lipinski definition) is 0. The monoisotopic (exact) mass is 466 g/mol. The molecule has 0 saturated heterocycles. The number of rotatable bonds is 15. The first-order chi connectivity index (χ1) is 16.7. The van der Waals surface area contributed by atoms with E-state index >= 15 is 0 Å². The molecule has 2 nitrogen and oxygen atoms in total. The van der Waals surface area contributed by atoms with Crippen LogP contribution in [0.4, 0.5) is 4.39 Å². The van der Waals surface area contributed by atoms with E-state index in [2.05, 4.69) is 23.8 Å². The summed E-state index contributed by atoms with van der Waals surface area (Å²) in [5, 5.41) is 0. The van der Waals surface area contributed by atoms with Crippen molar-refractivity contribution in [2.45, 2.75) is 129 Å². The molecule has 0 atom stereocenters. The van der Waals surface area contributed by atoms with Crippen molar-refractivity contribution in [3.63, 3.8) is 0 Å². The molecule has 188 valence electrons. The minimum absolute atomic E-state index is 0.121. The molecule has 3 rings (SSSR count). The molecule has 0 unspecified atom stereocenters. The number of aryl methyl sites for hydroxylation is 1. The summed E-state index contributed by atoms with van der Waals surface area (Å²) in [4.78, 5) is 9.23. The number of unbranched alkanes of at least 4 members (excludes halogenated alkanes) is 9.